The van der Waals surface area contributed by atoms with Crippen molar-refractivity contribution in [3.05, 3.63) is 54.4 Å². The number of anilines is 1. The summed E-state index contributed by atoms with van der Waals surface area (Å²) in [7, 11) is -1.86. The number of aromatic nitrogens is 4. The second kappa shape index (κ2) is 11.1. The number of nitrogens with zero attached hydrogens (tertiary/aromatic N) is 5. The van der Waals surface area contributed by atoms with Crippen LogP contribution in [0.5, 0.6) is 11.5 Å². The molecule has 0 unspecified atom stereocenters. The molecule has 0 saturated heterocycles. The smallest absolute Gasteiger partial charge is 0.246 e. The summed E-state index contributed by atoms with van der Waals surface area (Å²) in [4.78, 5) is 4.26. The van der Waals surface area contributed by atoms with Gasteiger partial charge in [-0.3, -0.25) is 4.57 Å². The van der Waals surface area contributed by atoms with Crippen molar-refractivity contribution < 1.29 is 26.7 Å². The zero-order valence-electron chi connectivity index (χ0n) is 22.4. The molecule has 3 aromatic heterocycles. The van der Waals surface area contributed by atoms with Crippen molar-refractivity contribution in [2.75, 3.05) is 55.3 Å². The fraction of sp³-hybridized carbons (Fsp3) is 0.400. The van der Waals surface area contributed by atoms with Gasteiger partial charge in [-0.1, -0.05) is 6.07 Å². The topological polar surface area (TPSA) is 126 Å². The van der Waals surface area contributed by atoms with E-state index in [1.165, 1.54) is 31.1 Å². The van der Waals surface area contributed by atoms with Gasteiger partial charge in [-0.25, -0.2) is 27.7 Å². The fourth-order valence-corrected chi connectivity index (χ4v) is 6.12. The van der Waals surface area contributed by atoms with Gasteiger partial charge in [0, 0.05) is 19.9 Å². The number of rotatable bonds is 12. The molecule has 38 heavy (non-hydrogen) atoms. The average Bonchev–Trinajstić information content (AvgIpc) is 3.62. The molecule has 3 heterocycles. The van der Waals surface area contributed by atoms with Crippen molar-refractivity contribution in [1.29, 1.82) is 0 Å². The van der Waals surface area contributed by atoms with Crippen LogP contribution in [0, 0.1) is 6.92 Å². The summed E-state index contributed by atoms with van der Waals surface area (Å²) in [6.07, 6.45) is 9.60. The Morgan fingerprint density at radius 2 is 1.68 bits per heavy atom. The van der Waals surface area contributed by atoms with Gasteiger partial charge in [0.15, 0.2) is 11.7 Å². The minimum Gasteiger partial charge on any atom is -0.494 e. The van der Waals surface area contributed by atoms with E-state index in [0.717, 1.165) is 0 Å². The molecule has 13 heteroatoms. The predicted molar refractivity (Wildman–Crippen MR) is 148 cm³/mol. The van der Waals surface area contributed by atoms with Crippen molar-refractivity contribution in [2.45, 2.75) is 13.3 Å². The maximum absolute atomic E-state index is 13.9. The van der Waals surface area contributed by atoms with Crippen LogP contribution in [-0.2, 0) is 16.4 Å². The minimum absolute atomic E-state index is 0.110. The largest absolute Gasteiger partial charge is 0.494 e. The minimum atomic E-state index is -3.88. The highest BCUT2D eigenvalue weighted by molar-refractivity contribution is 8.32. The molecule has 0 aliphatic heterocycles. The number of aryl methyl sites for hydroxylation is 2. The maximum atomic E-state index is 13.9. The van der Waals surface area contributed by atoms with E-state index in [-0.39, 0.29) is 24.7 Å². The van der Waals surface area contributed by atoms with E-state index in [1.54, 1.807) is 41.8 Å². The van der Waals surface area contributed by atoms with Gasteiger partial charge in [-0.15, -0.1) is 10.2 Å². The van der Waals surface area contributed by atoms with E-state index in [0.29, 0.717) is 46.1 Å². The Balaban J connectivity index is 1.89. The van der Waals surface area contributed by atoms with Crippen molar-refractivity contribution in [3.63, 3.8) is 0 Å². The van der Waals surface area contributed by atoms with Crippen LogP contribution in [0.4, 0.5) is 5.95 Å². The molecule has 1 aromatic carbocycles. The van der Waals surface area contributed by atoms with Gasteiger partial charge in [-0.2, -0.15) is 0 Å². The molecule has 0 radical (unpaired) electrons. The van der Waals surface area contributed by atoms with Crippen LogP contribution in [-0.4, -0.2) is 79.2 Å². The third kappa shape index (κ3) is 5.99. The summed E-state index contributed by atoms with van der Waals surface area (Å²) >= 11 is 0. The Morgan fingerprint density at radius 1 is 0.974 bits per heavy atom. The number of furan rings is 1. The summed E-state index contributed by atoms with van der Waals surface area (Å²) < 4.78 is 53.0. The molecule has 0 amide bonds. The van der Waals surface area contributed by atoms with Crippen LogP contribution in [0.1, 0.15) is 11.6 Å². The molecule has 0 atom stereocenters. The molecule has 0 N–H and O–H groups in total. The Hall–Kier alpha value is -3.45. The number of hydrogen-bond donors (Lipinski definition) is 0. The first-order chi connectivity index (χ1) is 18.0. The van der Waals surface area contributed by atoms with Gasteiger partial charge in [0.05, 0.1) is 31.9 Å². The van der Waals surface area contributed by atoms with E-state index >= 15 is 0 Å². The lowest BCUT2D eigenvalue weighted by Crippen LogP contribution is -2.38. The quantitative estimate of drug-likeness (QED) is 0.252. The molecular weight excluding hydrogens is 530 g/mol. The molecular formula is C25H33N5O6S2. The molecule has 0 aliphatic rings. The first-order valence-corrected chi connectivity index (χ1v) is 16.5. The highest BCUT2D eigenvalue weighted by Gasteiger charge is 2.33. The average molecular weight is 564 g/mol. The SMILES string of the molecule is COc1cccc(OC)c1-n1c(-c2ccco2)nnc1N(CCS(C)(C)C)S(=O)(=O)CCc1coc(C)n1. The second-order valence-corrected chi connectivity index (χ2v) is 16.0. The Morgan fingerprint density at radius 3 is 2.24 bits per heavy atom. The third-order valence-electron chi connectivity index (χ3n) is 5.76. The van der Waals surface area contributed by atoms with Crippen molar-refractivity contribution in [3.8, 4) is 28.8 Å². The molecule has 0 saturated carbocycles. The van der Waals surface area contributed by atoms with Crippen LogP contribution in [0.3, 0.4) is 0 Å². The molecule has 0 fully saturated rings. The van der Waals surface area contributed by atoms with E-state index in [1.807, 2.05) is 0 Å². The van der Waals surface area contributed by atoms with Crippen molar-refractivity contribution in [2.24, 2.45) is 0 Å². The van der Waals surface area contributed by atoms with Gasteiger partial charge in [0.1, 0.15) is 23.4 Å². The van der Waals surface area contributed by atoms with Crippen LogP contribution in [0.2, 0.25) is 0 Å². The maximum Gasteiger partial charge on any atom is 0.246 e. The zero-order chi connectivity index (χ0) is 27.5. The molecule has 4 rings (SSSR count). The van der Waals surface area contributed by atoms with Crippen molar-refractivity contribution in [1.82, 2.24) is 19.7 Å². The van der Waals surface area contributed by atoms with E-state index < -0.39 is 20.1 Å². The van der Waals surface area contributed by atoms with E-state index in [2.05, 4.69) is 33.9 Å². The number of ether oxygens (including phenoxy) is 2. The standard InChI is InChI=1S/C25H33N5O6S2/c1-18-26-19(17-36-18)12-15-38(31,32)29(13-16-37(4,5)6)25-28-27-24(22-11-8-14-35-22)30(25)23-20(33-2)9-7-10-21(23)34-3/h7-11,14,17H,12-13,15-16H2,1-6H3. The molecule has 0 bridgehead atoms. The highest BCUT2D eigenvalue weighted by atomic mass is 32.3. The number of benzene rings is 1. The number of para-hydroxylation sites is 1. The van der Waals surface area contributed by atoms with Crippen LogP contribution in [0.15, 0.2) is 51.7 Å². The highest BCUT2D eigenvalue weighted by Crippen LogP contribution is 2.40. The van der Waals surface area contributed by atoms with E-state index in [9.17, 15) is 8.42 Å². The summed E-state index contributed by atoms with van der Waals surface area (Å²) in [6, 6.07) is 8.77. The first-order valence-electron chi connectivity index (χ1n) is 11.8. The Bertz CT molecular complexity index is 1450. The molecule has 0 aliphatic carbocycles. The zero-order valence-corrected chi connectivity index (χ0v) is 24.0. The predicted octanol–water partition coefficient (Wildman–Crippen LogP) is 3.91. The monoisotopic (exact) mass is 563 g/mol. The molecule has 11 nitrogen and oxygen atoms in total. The fourth-order valence-electron chi connectivity index (χ4n) is 3.85. The van der Waals surface area contributed by atoms with Gasteiger partial charge >= 0.3 is 0 Å². The lowest BCUT2D eigenvalue weighted by molar-refractivity contribution is 0.391. The van der Waals surface area contributed by atoms with Gasteiger partial charge in [0.2, 0.25) is 21.8 Å². The number of methoxy groups -OCH3 is 2. The number of sulfonamides is 1. The van der Waals surface area contributed by atoms with E-state index in [4.69, 9.17) is 18.3 Å². The summed E-state index contributed by atoms with van der Waals surface area (Å²) in [5.41, 5.74) is 1.02. The van der Waals surface area contributed by atoms with Crippen LogP contribution >= 0.6 is 10.0 Å². The summed E-state index contributed by atoms with van der Waals surface area (Å²) in [5.74, 6) is 2.68. The number of hydrogen-bond acceptors (Lipinski definition) is 9. The van der Waals surface area contributed by atoms with Gasteiger partial charge in [-0.05, 0) is 48.8 Å². The molecule has 4 aromatic rings. The van der Waals surface area contributed by atoms with Crippen LogP contribution in [0.25, 0.3) is 17.3 Å². The second-order valence-electron chi connectivity index (χ2n) is 9.44. The third-order valence-corrected chi connectivity index (χ3v) is 8.91. The first kappa shape index (κ1) is 27.6. The lowest BCUT2D eigenvalue weighted by atomic mass is 10.2. The number of oxazole rings is 1. The Labute approximate surface area is 224 Å². The van der Waals surface area contributed by atoms with Gasteiger partial charge in [0.25, 0.3) is 0 Å². The summed E-state index contributed by atoms with van der Waals surface area (Å²) in [6.45, 7) is 1.93. The lowest BCUT2D eigenvalue weighted by Gasteiger charge is -2.30. The molecule has 0 spiro atoms. The van der Waals surface area contributed by atoms with Crippen molar-refractivity contribution >= 4 is 26.0 Å². The summed E-state index contributed by atoms with van der Waals surface area (Å²) in [5, 5.41) is 8.76. The Kier molecular flexibility index (Phi) is 8.07. The normalized spacial score (nSPS) is 12.5. The van der Waals surface area contributed by atoms with Crippen LogP contribution < -0.4 is 13.8 Å². The molecule has 206 valence electrons. The van der Waals surface area contributed by atoms with Gasteiger partial charge < -0.3 is 18.3 Å².